The molecule has 0 aromatic heterocycles. The molecule has 1 fully saturated rings. The lowest BCUT2D eigenvalue weighted by atomic mass is 10.2. The van der Waals surface area contributed by atoms with E-state index in [0.29, 0.717) is 13.1 Å². The zero-order valence-corrected chi connectivity index (χ0v) is 12.5. The molecule has 7 heteroatoms. The molecule has 112 valence electrons. The quantitative estimate of drug-likeness (QED) is 0.653. The van der Waals surface area contributed by atoms with E-state index in [1.54, 1.807) is 0 Å². The van der Waals surface area contributed by atoms with E-state index in [9.17, 15) is 13.2 Å². The first-order valence-electron chi connectivity index (χ1n) is 6.77. The molecule has 1 saturated heterocycles. The molecule has 1 heterocycles. The van der Waals surface area contributed by atoms with E-state index in [1.165, 1.54) is 11.4 Å². The van der Waals surface area contributed by atoms with Crippen molar-refractivity contribution in [2.75, 3.05) is 32.5 Å². The Morgan fingerprint density at radius 3 is 2.74 bits per heavy atom. The third-order valence-corrected chi connectivity index (χ3v) is 5.08. The van der Waals surface area contributed by atoms with Gasteiger partial charge in [0.1, 0.15) is 0 Å². The van der Waals surface area contributed by atoms with E-state index < -0.39 is 16.0 Å². The minimum atomic E-state index is -3.38. The van der Waals surface area contributed by atoms with Crippen molar-refractivity contribution in [1.29, 1.82) is 0 Å². The van der Waals surface area contributed by atoms with E-state index in [2.05, 4.69) is 10.1 Å². The Balaban J connectivity index is 2.58. The van der Waals surface area contributed by atoms with Gasteiger partial charge in [-0.15, -0.1) is 0 Å². The highest BCUT2D eigenvalue weighted by atomic mass is 32.2. The number of nitrogens with zero attached hydrogens (tertiary/aromatic N) is 1. The predicted octanol–water partition coefficient (Wildman–Crippen LogP) is 0.343. The van der Waals surface area contributed by atoms with Crippen LogP contribution in [0.25, 0.3) is 0 Å². The van der Waals surface area contributed by atoms with Crippen LogP contribution in [0.1, 0.15) is 32.6 Å². The maximum Gasteiger partial charge on any atom is 0.306 e. The van der Waals surface area contributed by atoms with Gasteiger partial charge in [0, 0.05) is 19.1 Å². The lowest BCUT2D eigenvalue weighted by molar-refractivity contribution is -0.140. The van der Waals surface area contributed by atoms with Crippen molar-refractivity contribution in [3.63, 3.8) is 0 Å². The van der Waals surface area contributed by atoms with Gasteiger partial charge in [-0.2, -0.15) is 0 Å². The van der Waals surface area contributed by atoms with Gasteiger partial charge in [0.15, 0.2) is 0 Å². The number of carbonyl (C=O) groups is 1. The summed E-state index contributed by atoms with van der Waals surface area (Å²) < 4.78 is 30.4. The Bertz CT molecular complexity index is 377. The minimum absolute atomic E-state index is 0.0862. The summed E-state index contributed by atoms with van der Waals surface area (Å²) in [4.78, 5) is 11.1. The maximum absolute atomic E-state index is 12.2. The molecule has 1 unspecified atom stereocenters. The Hall–Kier alpha value is -0.660. The molecule has 1 atom stereocenters. The average Bonchev–Trinajstić information content (AvgIpc) is 2.88. The standard InChI is InChI=1S/C12H24N2O4S/c1-3-8-14(10-11-5-4-7-13-11)19(16,17)9-6-12(15)18-2/h11,13H,3-10H2,1-2H3. The fourth-order valence-electron chi connectivity index (χ4n) is 2.20. The molecule has 0 spiro atoms. The van der Waals surface area contributed by atoms with Gasteiger partial charge in [-0.1, -0.05) is 6.92 Å². The fraction of sp³-hybridized carbons (Fsp3) is 0.917. The van der Waals surface area contributed by atoms with E-state index in [-0.39, 0.29) is 18.2 Å². The summed E-state index contributed by atoms with van der Waals surface area (Å²) >= 11 is 0. The van der Waals surface area contributed by atoms with Crippen LogP contribution in [-0.2, 0) is 19.6 Å². The third-order valence-electron chi connectivity index (χ3n) is 3.24. The molecule has 0 bridgehead atoms. The number of hydrogen-bond acceptors (Lipinski definition) is 5. The first-order valence-corrected chi connectivity index (χ1v) is 8.38. The number of methoxy groups -OCH3 is 1. The topological polar surface area (TPSA) is 75.7 Å². The summed E-state index contributed by atoms with van der Waals surface area (Å²) in [5.74, 6) is -0.661. The molecule has 6 nitrogen and oxygen atoms in total. The Morgan fingerprint density at radius 1 is 1.47 bits per heavy atom. The zero-order chi connectivity index (χ0) is 14.3. The molecule has 0 radical (unpaired) electrons. The lowest BCUT2D eigenvalue weighted by Gasteiger charge is -2.24. The van der Waals surface area contributed by atoms with E-state index in [0.717, 1.165) is 25.8 Å². The van der Waals surface area contributed by atoms with Crippen LogP contribution in [0, 0.1) is 0 Å². The number of sulfonamides is 1. The summed E-state index contributed by atoms with van der Waals surface area (Å²) in [5.41, 5.74) is 0. The first-order chi connectivity index (χ1) is 8.99. The molecule has 1 rings (SSSR count). The highest BCUT2D eigenvalue weighted by molar-refractivity contribution is 7.89. The van der Waals surface area contributed by atoms with Crippen LogP contribution in [0.2, 0.25) is 0 Å². The van der Waals surface area contributed by atoms with Crippen molar-refractivity contribution in [2.45, 2.75) is 38.6 Å². The van der Waals surface area contributed by atoms with Crippen LogP contribution in [0.3, 0.4) is 0 Å². The molecule has 0 aliphatic carbocycles. The van der Waals surface area contributed by atoms with Crippen molar-refractivity contribution in [3.05, 3.63) is 0 Å². The van der Waals surface area contributed by atoms with Crippen molar-refractivity contribution in [3.8, 4) is 0 Å². The molecule has 1 aliphatic heterocycles. The lowest BCUT2D eigenvalue weighted by Crippen LogP contribution is -2.42. The third kappa shape index (κ3) is 5.46. The number of esters is 1. The van der Waals surface area contributed by atoms with Gasteiger partial charge < -0.3 is 10.1 Å². The van der Waals surface area contributed by atoms with Gasteiger partial charge in [-0.05, 0) is 25.8 Å². The summed E-state index contributed by atoms with van der Waals surface area (Å²) in [6, 6.07) is 0.236. The molecule has 0 aromatic rings. The summed E-state index contributed by atoms with van der Waals surface area (Å²) in [5, 5.41) is 3.30. The van der Waals surface area contributed by atoms with Crippen LogP contribution in [0.15, 0.2) is 0 Å². The Labute approximate surface area is 115 Å². The van der Waals surface area contributed by atoms with E-state index in [4.69, 9.17) is 0 Å². The SMILES string of the molecule is CCCN(CC1CCCN1)S(=O)(=O)CCC(=O)OC. The number of hydrogen-bond donors (Lipinski definition) is 1. The predicted molar refractivity (Wildman–Crippen MR) is 73.3 cm³/mol. The molecule has 0 saturated carbocycles. The van der Waals surface area contributed by atoms with Gasteiger partial charge in [0.05, 0.1) is 19.3 Å². The smallest absolute Gasteiger partial charge is 0.306 e. The summed E-state index contributed by atoms with van der Waals surface area (Å²) in [7, 11) is -2.12. The summed E-state index contributed by atoms with van der Waals surface area (Å²) in [6.07, 6.45) is 2.78. The highest BCUT2D eigenvalue weighted by Gasteiger charge is 2.26. The van der Waals surface area contributed by atoms with Gasteiger partial charge in [-0.25, -0.2) is 12.7 Å². The second-order valence-corrected chi connectivity index (χ2v) is 6.88. The van der Waals surface area contributed by atoms with Crippen LogP contribution in [-0.4, -0.2) is 57.2 Å². The number of nitrogens with one attached hydrogen (secondary N) is 1. The normalized spacial score (nSPS) is 19.8. The van der Waals surface area contributed by atoms with Gasteiger partial charge in [0.2, 0.25) is 10.0 Å². The zero-order valence-electron chi connectivity index (χ0n) is 11.7. The van der Waals surface area contributed by atoms with Crippen molar-refractivity contribution >= 4 is 16.0 Å². The highest BCUT2D eigenvalue weighted by Crippen LogP contribution is 2.12. The Morgan fingerprint density at radius 2 is 2.21 bits per heavy atom. The Kier molecular flexibility index (Phi) is 6.74. The number of ether oxygens (including phenoxy) is 1. The summed E-state index contributed by atoms with van der Waals surface area (Å²) in [6.45, 7) is 3.90. The first kappa shape index (κ1) is 16.4. The molecule has 1 aliphatic rings. The van der Waals surface area contributed by atoms with Crippen LogP contribution in [0.4, 0.5) is 0 Å². The van der Waals surface area contributed by atoms with Crippen molar-refractivity contribution in [2.24, 2.45) is 0 Å². The van der Waals surface area contributed by atoms with Gasteiger partial charge in [-0.3, -0.25) is 4.79 Å². The largest absolute Gasteiger partial charge is 0.469 e. The molecular weight excluding hydrogens is 268 g/mol. The number of carbonyl (C=O) groups excluding carboxylic acids is 1. The van der Waals surface area contributed by atoms with Crippen molar-refractivity contribution in [1.82, 2.24) is 9.62 Å². The van der Waals surface area contributed by atoms with Crippen molar-refractivity contribution < 1.29 is 17.9 Å². The van der Waals surface area contributed by atoms with Crippen LogP contribution >= 0.6 is 0 Å². The second-order valence-electron chi connectivity index (χ2n) is 4.79. The second kappa shape index (κ2) is 7.81. The molecule has 0 aromatic carbocycles. The molecule has 1 N–H and O–H groups in total. The number of rotatable bonds is 8. The molecule has 0 amide bonds. The van der Waals surface area contributed by atoms with Crippen LogP contribution < -0.4 is 5.32 Å². The monoisotopic (exact) mass is 292 g/mol. The maximum atomic E-state index is 12.2. The molecular formula is C12H24N2O4S. The molecule has 19 heavy (non-hydrogen) atoms. The minimum Gasteiger partial charge on any atom is -0.469 e. The van der Waals surface area contributed by atoms with Gasteiger partial charge in [0.25, 0.3) is 0 Å². The van der Waals surface area contributed by atoms with Gasteiger partial charge >= 0.3 is 5.97 Å². The fourth-order valence-corrected chi connectivity index (χ4v) is 3.75. The average molecular weight is 292 g/mol. The van der Waals surface area contributed by atoms with E-state index >= 15 is 0 Å². The van der Waals surface area contributed by atoms with Crippen LogP contribution in [0.5, 0.6) is 0 Å². The van der Waals surface area contributed by atoms with E-state index in [1.807, 2.05) is 6.92 Å².